The van der Waals surface area contributed by atoms with Gasteiger partial charge in [-0.2, -0.15) is 5.10 Å². The van der Waals surface area contributed by atoms with Crippen LogP contribution in [0.3, 0.4) is 0 Å². The van der Waals surface area contributed by atoms with Gasteiger partial charge >= 0.3 is 0 Å². The van der Waals surface area contributed by atoms with E-state index in [2.05, 4.69) is 28.7 Å². The first kappa shape index (κ1) is 8.61. The molecule has 1 aromatic carbocycles. The van der Waals surface area contributed by atoms with Crippen LogP contribution in [0.15, 0.2) is 35.4 Å². The lowest BCUT2D eigenvalue weighted by atomic mass is 10.2. The zero-order valence-electron chi connectivity index (χ0n) is 7.86. The van der Waals surface area contributed by atoms with Crippen molar-refractivity contribution in [3.8, 4) is 0 Å². The smallest absolute Gasteiger partial charge is 0.246 e. The number of fused-ring (bicyclic) bond motifs is 1. The van der Waals surface area contributed by atoms with Crippen LogP contribution in [0.4, 0.5) is 0 Å². The van der Waals surface area contributed by atoms with Crippen molar-refractivity contribution in [2.45, 2.75) is 6.42 Å². The van der Waals surface area contributed by atoms with Crippen molar-refractivity contribution in [2.75, 3.05) is 0 Å². The number of carbonyl (C=O) groups excluding carboxylic acids is 1. The SMILES string of the molecule is O=C1CC(c2cc3ccccc3s2)=NN1. The second-order valence-corrected chi connectivity index (χ2v) is 4.50. The van der Waals surface area contributed by atoms with Gasteiger partial charge in [0.15, 0.2) is 0 Å². The maximum atomic E-state index is 11.0. The summed E-state index contributed by atoms with van der Waals surface area (Å²) in [6.45, 7) is 0. The number of amides is 1. The van der Waals surface area contributed by atoms with Gasteiger partial charge in [-0.25, -0.2) is 5.43 Å². The summed E-state index contributed by atoms with van der Waals surface area (Å²) >= 11 is 1.67. The van der Waals surface area contributed by atoms with Gasteiger partial charge in [0.05, 0.1) is 17.0 Å². The van der Waals surface area contributed by atoms with Crippen LogP contribution < -0.4 is 5.43 Å². The van der Waals surface area contributed by atoms with Gasteiger partial charge in [0.25, 0.3) is 0 Å². The number of thiophene rings is 1. The molecule has 0 aliphatic carbocycles. The number of carbonyl (C=O) groups is 1. The third kappa shape index (κ3) is 1.43. The Bertz CT molecular complexity index is 538. The summed E-state index contributed by atoms with van der Waals surface area (Å²) in [5.41, 5.74) is 3.32. The molecule has 0 fully saturated rings. The first-order valence-electron chi connectivity index (χ1n) is 4.67. The lowest BCUT2D eigenvalue weighted by Crippen LogP contribution is -2.09. The zero-order valence-corrected chi connectivity index (χ0v) is 8.67. The topological polar surface area (TPSA) is 41.5 Å². The molecule has 1 N–H and O–H groups in total. The minimum atomic E-state index is -0.0255. The Morgan fingerprint density at radius 3 is 2.93 bits per heavy atom. The molecule has 0 atom stereocenters. The molecule has 4 heteroatoms. The molecular weight excluding hydrogens is 208 g/mol. The van der Waals surface area contributed by atoms with Crippen LogP contribution in [0.5, 0.6) is 0 Å². The summed E-state index contributed by atoms with van der Waals surface area (Å²) in [7, 11) is 0. The van der Waals surface area contributed by atoms with Crippen LogP contribution in [0, 0.1) is 0 Å². The molecule has 0 saturated heterocycles. The van der Waals surface area contributed by atoms with Crippen molar-refractivity contribution in [3.05, 3.63) is 35.2 Å². The molecular formula is C11H8N2OS. The monoisotopic (exact) mass is 216 g/mol. The van der Waals surface area contributed by atoms with Crippen LogP contribution in [0.2, 0.25) is 0 Å². The quantitative estimate of drug-likeness (QED) is 0.779. The van der Waals surface area contributed by atoms with E-state index in [1.165, 1.54) is 10.1 Å². The molecule has 3 nitrogen and oxygen atoms in total. The minimum Gasteiger partial charge on any atom is -0.273 e. The molecule has 0 radical (unpaired) electrons. The lowest BCUT2D eigenvalue weighted by Gasteiger charge is -1.88. The van der Waals surface area contributed by atoms with E-state index in [-0.39, 0.29) is 5.91 Å². The van der Waals surface area contributed by atoms with Crippen LogP contribution >= 0.6 is 11.3 Å². The maximum Gasteiger partial charge on any atom is 0.246 e. The fourth-order valence-electron chi connectivity index (χ4n) is 1.63. The van der Waals surface area contributed by atoms with Crippen LogP contribution in [0.1, 0.15) is 11.3 Å². The van der Waals surface area contributed by atoms with E-state index >= 15 is 0 Å². The van der Waals surface area contributed by atoms with E-state index in [0.29, 0.717) is 6.42 Å². The summed E-state index contributed by atoms with van der Waals surface area (Å²) < 4.78 is 1.23. The molecule has 15 heavy (non-hydrogen) atoms. The van der Waals surface area contributed by atoms with E-state index in [9.17, 15) is 4.79 Å². The van der Waals surface area contributed by atoms with Crippen molar-refractivity contribution >= 4 is 33.0 Å². The number of hydrogen-bond acceptors (Lipinski definition) is 3. The summed E-state index contributed by atoms with van der Waals surface area (Å²) in [5.74, 6) is -0.0255. The first-order valence-corrected chi connectivity index (χ1v) is 5.49. The number of hydrogen-bond donors (Lipinski definition) is 1. The second-order valence-electron chi connectivity index (χ2n) is 3.42. The summed E-state index contributed by atoms with van der Waals surface area (Å²) in [6.07, 6.45) is 0.396. The van der Waals surface area contributed by atoms with Gasteiger partial charge in [-0.05, 0) is 17.5 Å². The number of nitrogens with zero attached hydrogens (tertiary/aromatic N) is 1. The van der Waals surface area contributed by atoms with E-state index in [0.717, 1.165) is 10.6 Å². The third-order valence-electron chi connectivity index (χ3n) is 2.35. The first-order chi connectivity index (χ1) is 7.33. The largest absolute Gasteiger partial charge is 0.273 e. The third-order valence-corrected chi connectivity index (χ3v) is 3.52. The maximum absolute atomic E-state index is 11.0. The van der Waals surface area contributed by atoms with E-state index in [4.69, 9.17) is 0 Å². The van der Waals surface area contributed by atoms with Gasteiger partial charge in [0.1, 0.15) is 0 Å². The van der Waals surface area contributed by atoms with Gasteiger partial charge in [-0.3, -0.25) is 4.79 Å². The van der Waals surface area contributed by atoms with Crippen LogP contribution in [-0.4, -0.2) is 11.6 Å². The standard InChI is InChI=1S/C11H8N2OS/c14-11-6-8(12-13-11)10-5-7-3-1-2-4-9(7)15-10/h1-5H,6H2,(H,13,14). The minimum absolute atomic E-state index is 0.0255. The van der Waals surface area contributed by atoms with Crippen molar-refractivity contribution in [3.63, 3.8) is 0 Å². The van der Waals surface area contributed by atoms with E-state index in [1.54, 1.807) is 11.3 Å². The van der Waals surface area contributed by atoms with Gasteiger partial charge in [0, 0.05) is 4.70 Å². The molecule has 3 rings (SSSR count). The number of nitrogens with one attached hydrogen (secondary N) is 1. The van der Waals surface area contributed by atoms with Crippen LogP contribution in [-0.2, 0) is 4.79 Å². The van der Waals surface area contributed by atoms with Gasteiger partial charge in [-0.1, -0.05) is 18.2 Å². The molecule has 1 aliphatic heterocycles. The average molecular weight is 216 g/mol. The zero-order chi connectivity index (χ0) is 10.3. The molecule has 0 bridgehead atoms. The Hall–Kier alpha value is -1.68. The Morgan fingerprint density at radius 1 is 1.33 bits per heavy atom. The predicted molar refractivity (Wildman–Crippen MR) is 61.1 cm³/mol. The highest BCUT2D eigenvalue weighted by molar-refractivity contribution is 7.21. The normalized spacial score (nSPS) is 15.5. The number of hydrazone groups is 1. The number of rotatable bonds is 1. The molecule has 2 heterocycles. The molecule has 2 aromatic rings. The van der Waals surface area contributed by atoms with Crippen LogP contribution in [0.25, 0.3) is 10.1 Å². The lowest BCUT2D eigenvalue weighted by molar-refractivity contribution is -0.119. The highest BCUT2D eigenvalue weighted by Crippen LogP contribution is 2.27. The van der Waals surface area contributed by atoms with Gasteiger partial charge in [-0.15, -0.1) is 11.3 Å². The Morgan fingerprint density at radius 2 is 2.20 bits per heavy atom. The molecule has 1 amide bonds. The summed E-state index contributed by atoms with van der Waals surface area (Å²) in [6, 6.07) is 10.3. The molecule has 0 saturated carbocycles. The Kier molecular flexibility index (Phi) is 1.82. The summed E-state index contributed by atoms with van der Waals surface area (Å²) in [5, 5.41) is 5.22. The summed E-state index contributed by atoms with van der Waals surface area (Å²) in [4.78, 5) is 12.1. The fourth-order valence-corrected chi connectivity index (χ4v) is 2.68. The van der Waals surface area contributed by atoms with Crippen molar-refractivity contribution < 1.29 is 4.79 Å². The van der Waals surface area contributed by atoms with Crippen molar-refractivity contribution in [1.29, 1.82) is 0 Å². The highest BCUT2D eigenvalue weighted by atomic mass is 32.1. The number of benzene rings is 1. The predicted octanol–water partition coefficient (Wildman–Crippen LogP) is 2.13. The van der Waals surface area contributed by atoms with Crippen molar-refractivity contribution in [1.82, 2.24) is 5.43 Å². The Labute approximate surface area is 90.4 Å². The van der Waals surface area contributed by atoms with Gasteiger partial charge < -0.3 is 0 Å². The Balaban J connectivity index is 2.09. The van der Waals surface area contributed by atoms with Gasteiger partial charge in [0.2, 0.25) is 5.91 Å². The molecule has 1 aliphatic rings. The molecule has 0 spiro atoms. The van der Waals surface area contributed by atoms with Crippen molar-refractivity contribution in [2.24, 2.45) is 5.10 Å². The average Bonchev–Trinajstić information content (AvgIpc) is 2.82. The molecule has 1 aromatic heterocycles. The second kappa shape index (κ2) is 3.17. The van der Waals surface area contributed by atoms with E-state index < -0.39 is 0 Å². The highest BCUT2D eigenvalue weighted by Gasteiger charge is 2.17. The molecule has 74 valence electrons. The fraction of sp³-hybridized carbons (Fsp3) is 0.0909. The van der Waals surface area contributed by atoms with E-state index in [1.807, 2.05) is 12.1 Å². The molecule has 0 unspecified atom stereocenters.